The van der Waals surface area contributed by atoms with Gasteiger partial charge in [-0.05, 0) is 33.6 Å². The van der Waals surface area contributed by atoms with Gasteiger partial charge in [-0.15, -0.1) is 11.3 Å². The van der Waals surface area contributed by atoms with Crippen LogP contribution < -0.4 is 0 Å². The molecule has 0 N–H and O–H groups in total. The molecule has 0 saturated heterocycles. The molecule has 0 aliphatic heterocycles. The van der Waals surface area contributed by atoms with Crippen molar-refractivity contribution in [3.63, 3.8) is 0 Å². The fraction of sp³-hybridized carbons (Fsp3) is 0.636. The van der Waals surface area contributed by atoms with Crippen molar-refractivity contribution in [2.45, 2.75) is 38.0 Å². The standard InChI is InChI=1S/C11H16N2S2/c1-9-7-15-10(13-9)14-6-4-5-11(2,3)8-12/h7H,4-6H2,1-3H3. The summed E-state index contributed by atoms with van der Waals surface area (Å²) in [7, 11) is 0. The minimum Gasteiger partial charge on any atom is -0.235 e. The van der Waals surface area contributed by atoms with Gasteiger partial charge < -0.3 is 0 Å². The number of aryl methyl sites for hydroxylation is 1. The zero-order chi connectivity index (χ0) is 11.3. The number of hydrogen-bond acceptors (Lipinski definition) is 4. The zero-order valence-electron chi connectivity index (χ0n) is 9.41. The van der Waals surface area contributed by atoms with Gasteiger partial charge in [-0.3, -0.25) is 0 Å². The Kier molecular flexibility index (Phi) is 4.62. The third-order valence-corrected chi connectivity index (χ3v) is 4.30. The lowest BCUT2D eigenvalue weighted by Crippen LogP contribution is -2.07. The molecule has 0 aromatic carbocycles. The molecule has 1 heterocycles. The Morgan fingerprint density at radius 3 is 2.87 bits per heavy atom. The second kappa shape index (κ2) is 5.53. The minimum absolute atomic E-state index is 0.181. The molecule has 0 fully saturated rings. The molecule has 0 amide bonds. The van der Waals surface area contributed by atoms with Gasteiger partial charge in [0.2, 0.25) is 0 Å². The highest BCUT2D eigenvalue weighted by atomic mass is 32.2. The van der Waals surface area contributed by atoms with Gasteiger partial charge in [-0.1, -0.05) is 11.8 Å². The van der Waals surface area contributed by atoms with Gasteiger partial charge in [0.05, 0.1) is 11.5 Å². The summed E-state index contributed by atoms with van der Waals surface area (Å²) in [6.07, 6.45) is 2.03. The minimum atomic E-state index is -0.181. The number of nitrogens with zero attached hydrogens (tertiary/aromatic N) is 2. The molecular formula is C11H16N2S2. The van der Waals surface area contributed by atoms with E-state index in [1.165, 1.54) is 0 Å². The van der Waals surface area contributed by atoms with Gasteiger partial charge in [-0.25, -0.2) is 4.98 Å². The summed E-state index contributed by atoms with van der Waals surface area (Å²) in [6, 6.07) is 2.32. The maximum Gasteiger partial charge on any atom is 0.150 e. The van der Waals surface area contributed by atoms with Crippen molar-refractivity contribution < 1.29 is 0 Å². The maximum absolute atomic E-state index is 8.85. The van der Waals surface area contributed by atoms with E-state index in [0.717, 1.165) is 28.6 Å². The molecule has 0 bridgehead atoms. The summed E-state index contributed by atoms with van der Waals surface area (Å²) in [4.78, 5) is 4.38. The van der Waals surface area contributed by atoms with Gasteiger partial charge in [0.25, 0.3) is 0 Å². The van der Waals surface area contributed by atoms with Crippen LogP contribution >= 0.6 is 23.1 Å². The fourth-order valence-electron chi connectivity index (χ4n) is 1.13. The first-order valence-corrected chi connectivity index (χ1v) is 6.86. The lowest BCUT2D eigenvalue weighted by molar-refractivity contribution is 0.448. The highest BCUT2D eigenvalue weighted by Gasteiger charge is 2.15. The normalized spacial score (nSPS) is 11.3. The molecule has 1 aromatic rings. The molecular weight excluding hydrogens is 224 g/mol. The van der Waals surface area contributed by atoms with Crippen LogP contribution in [0.15, 0.2) is 9.72 Å². The molecule has 0 saturated carbocycles. The summed E-state index contributed by atoms with van der Waals surface area (Å²) in [5.41, 5.74) is 0.916. The van der Waals surface area contributed by atoms with Gasteiger partial charge in [0.15, 0.2) is 0 Å². The molecule has 0 unspecified atom stereocenters. The highest BCUT2D eigenvalue weighted by molar-refractivity contribution is 8.00. The van der Waals surface area contributed by atoms with Crippen molar-refractivity contribution in [3.05, 3.63) is 11.1 Å². The molecule has 82 valence electrons. The Balaban J connectivity index is 2.21. The Labute approximate surface area is 99.7 Å². The molecule has 4 heteroatoms. The van der Waals surface area contributed by atoms with Gasteiger partial charge in [0, 0.05) is 16.8 Å². The van der Waals surface area contributed by atoms with Crippen LogP contribution in [0.2, 0.25) is 0 Å². The Morgan fingerprint density at radius 2 is 2.33 bits per heavy atom. The van der Waals surface area contributed by atoms with Gasteiger partial charge in [0.1, 0.15) is 4.34 Å². The number of hydrogen-bond donors (Lipinski definition) is 0. The van der Waals surface area contributed by atoms with E-state index in [0.29, 0.717) is 0 Å². The summed E-state index contributed by atoms with van der Waals surface area (Å²) in [6.45, 7) is 6.00. The average Bonchev–Trinajstić information content (AvgIpc) is 2.59. The smallest absolute Gasteiger partial charge is 0.150 e. The zero-order valence-corrected chi connectivity index (χ0v) is 11.0. The molecule has 0 aliphatic carbocycles. The van der Waals surface area contributed by atoms with Crippen LogP contribution in [0.5, 0.6) is 0 Å². The van der Waals surface area contributed by atoms with Crippen molar-refractivity contribution in [1.29, 1.82) is 5.26 Å². The van der Waals surface area contributed by atoms with Gasteiger partial charge >= 0.3 is 0 Å². The Morgan fingerprint density at radius 1 is 1.60 bits per heavy atom. The molecule has 1 aromatic heterocycles. The molecule has 15 heavy (non-hydrogen) atoms. The second-order valence-electron chi connectivity index (χ2n) is 4.20. The Bertz CT molecular complexity index is 350. The first kappa shape index (κ1) is 12.5. The van der Waals surface area contributed by atoms with Crippen molar-refractivity contribution in [2.24, 2.45) is 5.41 Å². The second-order valence-corrected chi connectivity index (χ2v) is 6.40. The summed E-state index contributed by atoms with van der Waals surface area (Å²) in [5, 5.41) is 10.9. The quantitative estimate of drug-likeness (QED) is 0.579. The third kappa shape index (κ3) is 4.67. The van der Waals surface area contributed by atoms with E-state index in [2.05, 4.69) is 16.4 Å². The summed E-state index contributed by atoms with van der Waals surface area (Å²) in [5.74, 6) is 1.05. The van der Waals surface area contributed by atoms with Crippen LogP contribution in [0, 0.1) is 23.7 Å². The molecule has 0 radical (unpaired) electrons. The first-order valence-electron chi connectivity index (χ1n) is 5.00. The highest BCUT2D eigenvalue weighted by Crippen LogP contribution is 2.26. The summed E-state index contributed by atoms with van der Waals surface area (Å²) >= 11 is 3.49. The first-order chi connectivity index (χ1) is 7.03. The lowest BCUT2D eigenvalue weighted by atomic mass is 9.90. The molecule has 0 atom stereocenters. The molecule has 2 nitrogen and oxygen atoms in total. The van der Waals surface area contributed by atoms with Crippen LogP contribution in [0.3, 0.4) is 0 Å². The predicted octanol–water partition coefficient (Wildman–Crippen LogP) is 3.87. The number of rotatable bonds is 5. The summed E-state index contributed by atoms with van der Waals surface area (Å²) < 4.78 is 1.14. The fourth-order valence-corrected chi connectivity index (χ4v) is 2.99. The Hall–Kier alpha value is -0.530. The van der Waals surface area contributed by atoms with E-state index in [1.807, 2.05) is 20.8 Å². The number of aromatic nitrogens is 1. The van der Waals surface area contributed by atoms with E-state index in [1.54, 1.807) is 23.1 Å². The predicted molar refractivity (Wildman–Crippen MR) is 66.2 cm³/mol. The third-order valence-electron chi connectivity index (χ3n) is 2.07. The van der Waals surface area contributed by atoms with E-state index in [-0.39, 0.29) is 5.41 Å². The van der Waals surface area contributed by atoms with Gasteiger partial charge in [-0.2, -0.15) is 5.26 Å². The average molecular weight is 240 g/mol. The van der Waals surface area contributed by atoms with Crippen LogP contribution in [-0.2, 0) is 0 Å². The SMILES string of the molecule is Cc1csc(SCCCC(C)(C)C#N)n1. The monoisotopic (exact) mass is 240 g/mol. The van der Waals surface area contributed by atoms with E-state index < -0.39 is 0 Å². The van der Waals surface area contributed by atoms with Crippen molar-refractivity contribution in [2.75, 3.05) is 5.75 Å². The molecule has 0 aliphatic rings. The van der Waals surface area contributed by atoms with Crippen molar-refractivity contribution in [3.8, 4) is 6.07 Å². The lowest BCUT2D eigenvalue weighted by Gasteiger charge is -2.13. The van der Waals surface area contributed by atoms with Crippen LogP contribution in [0.1, 0.15) is 32.4 Å². The largest absolute Gasteiger partial charge is 0.235 e. The van der Waals surface area contributed by atoms with Crippen LogP contribution in [0.25, 0.3) is 0 Å². The van der Waals surface area contributed by atoms with Crippen LogP contribution in [0.4, 0.5) is 0 Å². The van der Waals surface area contributed by atoms with E-state index in [9.17, 15) is 0 Å². The van der Waals surface area contributed by atoms with Crippen LogP contribution in [-0.4, -0.2) is 10.7 Å². The number of nitriles is 1. The van der Waals surface area contributed by atoms with Crippen molar-refractivity contribution in [1.82, 2.24) is 4.98 Å². The molecule has 1 rings (SSSR count). The molecule has 0 spiro atoms. The van der Waals surface area contributed by atoms with E-state index in [4.69, 9.17) is 5.26 Å². The number of thiazole rings is 1. The number of thioether (sulfide) groups is 1. The topological polar surface area (TPSA) is 36.7 Å². The van der Waals surface area contributed by atoms with E-state index >= 15 is 0 Å². The van der Waals surface area contributed by atoms with Crippen molar-refractivity contribution >= 4 is 23.1 Å². The maximum atomic E-state index is 8.85.